The van der Waals surface area contributed by atoms with Gasteiger partial charge in [0, 0.05) is 39.3 Å². The van der Waals surface area contributed by atoms with Crippen LogP contribution in [0.4, 0.5) is 0 Å². The number of nitrogens with two attached hydrogens (primary N) is 2. The molecular formula is C12H29N5O. The van der Waals surface area contributed by atoms with Crippen LogP contribution >= 0.6 is 0 Å². The Bertz CT molecular complexity index is 179. The Balaban J connectivity index is 0.000000180. The number of piperidine rings is 2. The van der Waals surface area contributed by atoms with Gasteiger partial charge in [0.1, 0.15) is 0 Å². The number of hydrogen-bond donors (Lipinski definition) is 3. The Morgan fingerprint density at radius 2 is 1.39 bits per heavy atom. The molecule has 2 aliphatic heterocycles. The molecule has 2 heterocycles. The van der Waals surface area contributed by atoms with Gasteiger partial charge in [-0.25, -0.2) is 10.0 Å². The maximum atomic E-state index is 5.56. The molecule has 2 rings (SSSR count). The van der Waals surface area contributed by atoms with E-state index in [9.17, 15) is 0 Å². The summed E-state index contributed by atoms with van der Waals surface area (Å²) in [6.07, 6.45) is 4.98. The summed E-state index contributed by atoms with van der Waals surface area (Å²) in [6, 6.07) is 0.699. The Labute approximate surface area is 111 Å². The zero-order chi connectivity index (χ0) is 13.4. The van der Waals surface area contributed by atoms with Crippen LogP contribution in [-0.4, -0.2) is 62.5 Å². The van der Waals surface area contributed by atoms with Crippen molar-refractivity contribution in [1.29, 1.82) is 0 Å². The molecule has 0 amide bonds. The first-order valence-electron chi connectivity index (χ1n) is 6.85. The van der Waals surface area contributed by atoms with Crippen molar-refractivity contribution in [1.82, 2.24) is 15.3 Å². The predicted octanol–water partition coefficient (Wildman–Crippen LogP) is -0.485. The molecule has 108 valence electrons. The van der Waals surface area contributed by atoms with E-state index in [1.165, 1.54) is 12.8 Å². The van der Waals surface area contributed by atoms with Gasteiger partial charge >= 0.3 is 0 Å². The van der Waals surface area contributed by atoms with Crippen LogP contribution in [0.25, 0.3) is 0 Å². The highest BCUT2D eigenvalue weighted by Gasteiger charge is 2.15. The molecule has 0 aromatic carbocycles. The molecule has 0 bridgehead atoms. The normalized spacial score (nSPS) is 24.7. The van der Waals surface area contributed by atoms with Gasteiger partial charge in [-0.15, -0.1) is 0 Å². The van der Waals surface area contributed by atoms with Gasteiger partial charge in [0.15, 0.2) is 0 Å². The molecule has 2 saturated heterocycles. The highest BCUT2D eigenvalue weighted by molar-refractivity contribution is 4.72. The van der Waals surface area contributed by atoms with Crippen molar-refractivity contribution >= 4 is 0 Å². The van der Waals surface area contributed by atoms with E-state index in [-0.39, 0.29) is 0 Å². The van der Waals surface area contributed by atoms with Crippen LogP contribution in [0.15, 0.2) is 0 Å². The minimum atomic E-state index is 0.449. The molecule has 0 saturated carbocycles. The van der Waals surface area contributed by atoms with E-state index in [2.05, 4.69) is 5.32 Å². The largest absolute Gasteiger partial charge is 0.381 e. The van der Waals surface area contributed by atoms with Crippen LogP contribution in [0, 0.1) is 0 Å². The average Bonchev–Trinajstić information content (AvgIpc) is 2.41. The summed E-state index contributed by atoms with van der Waals surface area (Å²) in [5.41, 5.74) is 0. The van der Waals surface area contributed by atoms with Crippen molar-refractivity contribution in [3.63, 3.8) is 0 Å². The Hall–Kier alpha value is -0.240. The van der Waals surface area contributed by atoms with E-state index in [1.807, 2.05) is 17.1 Å². The van der Waals surface area contributed by atoms with Crippen molar-refractivity contribution in [2.75, 3.05) is 40.3 Å². The summed E-state index contributed by atoms with van der Waals surface area (Å²) < 4.78 is 5.16. The third kappa shape index (κ3) is 6.08. The Morgan fingerprint density at radius 1 is 0.944 bits per heavy atom. The SMILES string of the molecule is CNC1CCN(N)CC1.COC1CCN(N)CC1. The van der Waals surface area contributed by atoms with E-state index < -0.39 is 0 Å². The summed E-state index contributed by atoms with van der Waals surface area (Å²) in [6.45, 7) is 4.01. The quantitative estimate of drug-likeness (QED) is 0.581. The predicted molar refractivity (Wildman–Crippen MR) is 73.6 cm³/mol. The second-order valence-electron chi connectivity index (χ2n) is 5.07. The van der Waals surface area contributed by atoms with E-state index in [0.717, 1.165) is 39.0 Å². The Kier molecular flexibility index (Phi) is 7.73. The van der Waals surface area contributed by atoms with E-state index in [0.29, 0.717) is 12.1 Å². The average molecular weight is 259 g/mol. The van der Waals surface area contributed by atoms with Crippen LogP contribution in [0.3, 0.4) is 0 Å². The topological polar surface area (TPSA) is 79.8 Å². The standard InChI is InChI=1S/C6H15N3.C6H14N2O/c1-8-6-2-4-9(7)5-3-6;1-9-6-2-4-8(7)5-3-6/h6,8H,2-5,7H2,1H3;6H,2-5,7H2,1H3. The van der Waals surface area contributed by atoms with Crippen molar-refractivity contribution < 1.29 is 4.74 Å². The number of nitrogens with zero attached hydrogens (tertiary/aromatic N) is 2. The minimum Gasteiger partial charge on any atom is -0.381 e. The number of ether oxygens (including phenoxy) is 1. The van der Waals surface area contributed by atoms with Gasteiger partial charge in [-0.05, 0) is 32.7 Å². The lowest BCUT2D eigenvalue weighted by Crippen LogP contribution is -2.44. The Morgan fingerprint density at radius 3 is 1.78 bits per heavy atom. The van der Waals surface area contributed by atoms with Crippen LogP contribution in [0.1, 0.15) is 25.7 Å². The fourth-order valence-electron chi connectivity index (χ4n) is 2.30. The van der Waals surface area contributed by atoms with Crippen molar-refractivity contribution in [3.05, 3.63) is 0 Å². The summed E-state index contributed by atoms with van der Waals surface area (Å²) in [5, 5.41) is 6.97. The number of nitrogens with one attached hydrogen (secondary N) is 1. The van der Waals surface area contributed by atoms with E-state index in [1.54, 1.807) is 7.11 Å². The zero-order valence-electron chi connectivity index (χ0n) is 11.8. The van der Waals surface area contributed by atoms with Crippen molar-refractivity contribution in [2.45, 2.75) is 37.8 Å². The minimum absolute atomic E-state index is 0.449. The molecule has 6 nitrogen and oxygen atoms in total. The first-order chi connectivity index (χ1) is 8.65. The number of rotatable bonds is 2. The van der Waals surface area contributed by atoms with Gasteiger partial charge < -0.3 is 10.1 Å². The first-order valence-corrected chi connectivity index (χ1v) is 6.85. The summed E-state index contributed by atoms with van der Waals surface area (Å²) in [7, 11) is 3.77. The van der Waals surface area contributed by atoms with E-state index in [4.69, 9.17) is 16.4 Å². The van der Waals surface area contributed by atoms with Gasteiger partial charge in [0.05, 0.1) is 6.10 Å². The van der Waals surface area contributed by atoms with Crippen LogP contribution in [-0.2, 0) is 4.74 Å². The number of methoxy groups -OCH3 is 1. The molecule has 0 radical (unpaired) electrons. The molecule has 2 fully saturated rings. The number of hydrazine groups is 2. The highest BCUT2D eigenvalue weighted by Crippen LogP contribution is 2.09. The van der Waals surface area contributed by atoms with Crippen LogP contribution in [0.2, 0.25) is 0 Å². The molecule has 18 heavy (non-hydrogen) atoms. The molecule has 6 heteroatoms. The molecule has 0 aromatic heterocycles. The molecule has 0 aromatic rings. The highest BCUT2D eigenvalue weighted by atomic mass is 16.5. The van der Waals surface area contributed by atoms with E-state index >= 15 is 0 Å². The van der Waals surface area contributed by atoms with Gasteiger partial charge in [0.25, 0.3) is 0 Å². The lowest BCUT2D eigenvalue weighted by Gasteiger charge is -2.27. The molecule has 0 aliphatic carbocycles. The van der Waals surface area contributed by atoms with Crippen LogP contribution in [0.5, 0.6) is 0 Å². The van der Waals surface area contributed by atoms with Crippen LogP contribution < -0.4 is 17.0 Å². The third-order valence-electron chi connectivity index (χ3n) is 3.75. The second kappa shape index (κ2) is 8.79. The van der Waals surface area contributed by atoms with Crippen molar-refractivity contribution in [3.8, 4) is 0 Å². The lowest BCUT2D eigenvalue weighted by atomic mass is 10.1. The molecule has 0 spiro atoms. The fourth-order valence-corrected chi connectivity index (χ4v) is 2.30. The zero-order valence-corrected chi connectivity index (χ0v) is 11.8. The molecule has 5 N–H and O–H groups in total. The maximum absolute atomic E-state index is 5.56. The smallest absolute Gasteiger partial charge is 0.0596 e. The molecule has 0 atom stereocenters. The molecule has 0 unspecified atom stereocenters. The van der Waals surface area contributed by atoms with Gasteiger partial charge in [-0.3, -0.25) is 11.7 Å². The summed E-state index contributed by atoms with van der Waals surface area (Å²) >= 11 is 0. The first kappa shape index (κ1) is 15.8. The van der Waals surface area contributed by atoms with Gasteiger partial charge in [-0.1, -0.05) is 0 Å². The number of hydrogen-bond acceptors (Lipinski definition) is 6. The second-order valence-corrected chi connectivity index (χ2v) is 5.07. The maximum Gasteiger partial charge on any atom is 0.0596 e. The third-order valence-corrected chi connectivity index (χ3v) is 3.75. The van der Waals surface area contributed by atoms with Crippen molar-refractivity contribution in [2.24, 2.45) is 11.7 Å². The van der Waals surface area contributed by atoms with Gasteiger partial charge in [-0.2, -0.15) is 0 Å². The molecular weight excluding hydrogens is 230 g/mol. The lowest BCUT2D eigenvalue weighted by molar-refractivity contribution is 0.0411. The van der Waals surface area contributed by atoms with Gasteiger partial charge in [0.2, 0.25) is 0 Å². The molecule has 2 aliphatic rings. The summed E-state index contributed by atoms with van der Waals surface area (Å²) in [5.74, 6) is 11.1. The summed E-state index contributed by atoms with van der Waals surface area (Å²) in [4.78, 5) is 0. The fraction of sp³-hybridized carbons (Fsp3) is 1.00. The monoisotopic (exact) mass is 259 g/mol.